The molecule has 0 heterocycles. The highest BCUT2D eigenvalue weighted by molar-refractivity contribution is 5.65. The van der Waals surface area contributed by atoms with Crippen LogP contribution in [0.15, 0.2) is 48.5 Å². The monoisotopic (exact) mass is 247 g/mol. The third-order valence-electron chi connectivity index (χ3n) is 2.65. The second kappa shape index (κ2) is 6.28. The van der Waals surface area contributed by atoms with E-state index in [2.05, 4.69) is 11.8 Å². The van der Waals surface area contributed by atoms with Crippen molar-refractivity contribution >= 4 is 0 Å². The second-order valence-corrected chi connectivity index (χ2v) is 3.90. The van der Waals surface area contributed by atoms with Crippen molar-refractivity contribution < 1.29 is 4.74 Å². The average molecular weight is 247 g/mol. The molecule has 0 aliphatic rings. The summed E-state index contributed by atoms with van der Waals surface area (Å²) in [6.45, 7) is 2.64. The van der Waals surface area contributed by atoms with Gasteiger partial charge in [-0.3, -0.25) is 0 Å². The van der Waals surface area contributed by atoms with E-state index >= 15 is 0 Å². The van der Waals surface area contributed by atoms with Gasteiger partial charge in [0.05, 0.1) is 6.61 Å². The zero-order chi connectivity index (χ0) is 13.5. The minimum atomic E-state index is 0.672. The molecule has 0 aliphatic heterocycles. The number of nitriles is 1. The Morgan fingerprint density at radius 2 is 1.53 bits per heavy atom. The van der Waals surface area contributed by atoms with Crippen LogP contribution in [0.5, 0.6) is 5.75 Å². The number of rotatable bonds is 3. The molecular weight excluding hydrogens is 234 g/mol. The number of hydrogen-bond acceptors (Lipinski definition) is 2. The van der Waals surface area contributed by atoms with E-state index in [4.69, 9.17) is 10.00 Å². The van der Waals surface area contributed by atoms with E-state index in [-0.39, 0.29) is 0 Å². The van der Waals surface area contributed by atoms with Crippen LogP contribution in [0.25, 0.3) is 11.1 Å². The fraction of sp³-hybridized carbons (Fsp3) is 0.118. The summed E-state index contributed by atoms with van der Waals surface area (Å²) < 4.78 is 5.41. The van der Waals surface area contributed by atoms with Crippen LogP contribution in [0.2, 0.25) is 0 Å². The summed E-state index contributed by atoms with van der Waals surface area (Å²) in [5.74, 6) is 6.03. The molecule has 19 heavy (non-hydrogen) atoms. The smallest absolute Gasteiger partial charge is 0.152 e. The molecule has 0 fully saturated rings. The van der Waals surface area contributed by atoms with Crippen LogP contribution in [0.1, 0.15) is 12.5 Å². The Labute approximate surface area is 113 Å². The van der Waals surface area contributed by atoms with Crippen molar-refractivity contribution in [2.45, 2.75) is 6.92 Å². The first-order valence-corrected chi connectivity index (χ1v) is 6.07. The summed E-state index contributed by atoms with van der Waals surface area (Å²) in [6, 6.07) is 17.6. The molecule has 0 atom stereocenters. The van der Waals surface area contributed by atoms with Crippen LogP contribution in [-0.4, -0.2) is 6.61 Å². The van der Waals surface area contributed by atoms with E-state index in [1.54, 1.807) is 6.07 Å². The van der Waals surface area contributed by atoms with Gasteiger partial charge in [-0.1, -0.05) is 30.2 Å². The van der Waals surface area contributed by atoms with E-state index in [0.29, 0.717) is 6.61 Å². The third kappa shape index (κ3) is 3.37. The minimum Gasteiger partial charge on any atom is -0.494 e. The summed E-state index contributed by atoms with van der Waals surface area (Å²) in [5.41, 5.74) is 3.09. The lowest BCUT2D eigenvalue weighted by atomic mass is 10.0. The van der Waals surface area contributed by atoms with Crippen LogP contribution in [-0.2, 0) is 0 Å². The Kier molecular flexibility index (Phi) is 4.21. The van der Waals surface area contributed by atoms with Crippen molar-refractivity contribution in [2.75, 3.05) is 6.61 Å². The molecule has 2 nitrogen and oxygen atoms in total. The van der Waals surface area contributed by atoms with Crippen LogP contribution in [0.4, 0.5) is 0 Å². The molecule has 0 saturated carbocycles. The zero-order valence-electron chi connectivity index (χ0n) is 10.7. The predicted octanol–water partition coefficient (Wildman–Crippen LogP) is 3.63. The lowest BCUT2D eigenvalue weighted by Crippen LogP contribution is -1.90. The molecule has 0 spiro atoms. The van der Waals surface area contributed by atoms with Gasteiger partial charge >= 0.3 is 0 Å². The largest absolute Gasteiger partial charge is 0.494 e. The molecule has 0 aliphatic carbocycles. The molecular formula is C17H13NO. The van der Waals surface area contributed by atoms with Crippen molar-refractivity contribution in [1.82, 2.24) is 0 Å². The Hall–Kier alpha value is -2.71. The maximum absolute atomic E-state index is 8.39. The second-order valence-electron chi connectivity index (χ2n) is 3.90. The van der Waals surface area contributed by atoms with Crippen molar-refractivity contribution in [3.63, 3.8) is 0 Å². The van der Waals surface area contributed by atoms with E-state index in [1.165, 1.54) is 0 Å². The lowest BCUT2D eigenvalue weighted by molar-refractivity contribution is 0.340. The minimum absolute atomic E-state index is 0.672. The van der Waals surface area contributed by atoms with Gasteiger partial charge in [0.1, 0.15) is 5.75 Å². The van der Waals surface area contributed by atoms with Gasteiger partial charge in [-0.2, -0.15) is 5.26 Å². The highest BCUT2D eigenvalue weighted by Gasteiger charge is 1.98. The third-order valence-corrected chi connectivity index (χ3v) is 2.65. The van der Waals surface area contributed by atoms with E-state index in [0.717, 1.165) is 22.4 Å². The maximum Gasteiger partial charge on any atom is 0.152 e. The van der Waals surface area contributed by atoms with Gasteiger partial charge in [0, 0.05) is 11.5 Å². The SMILES string of the molecule is CCOc1ccc(-c2ccc(C#CC#N)cc2)cc1. The van der Waals surface area contributed by atoms with Gasteiger partial charge in [0.2, 0.25) is 0 Å². The summed E-state index contributed by atoms with van der Waals surface area (Å²) >= 11 is 0. The van der Waals surface area contributed by atoms with Crippen LogP contribution >= 0.6 is 0 Å². The predicted molar refractivity (Wildman–Crippen MR) is 75.5 cm³/mol. The molecule has 0 N–H and O–H groups in total. The summed E-state index contributed by atoms with van der Waals surface area (Å²) in [6.07, 6.45) is 0. The summed E-state index contributed by atoms with van der Waals surface area (Å²) in [4.78, 5) is 0. The molecule has 0 aromatic heterocycles. The van der Waals surface area contributed by atoms with E-state index < -0.39 is 0 Å². The van der Waals surface area contributed by atoms with Crippen molar-refractivity contribution in [3.8, 4) is 34.8 Å². The Morgan fingerprint density at radius 3 is 2.05 bits per heavy atom. The Morgan fingerprint density at radius 1 is 0.947 bits per heavy atom. The Balaban J connectivity index is 2.20. The van der Waals surface area contributed by atoms with Crippen LogP contribution in [0, 0.1) is 23.2 Å². The van der Waals surface area contributed by atoms with Gasteiger partial charge in [-0.15, -0.1) is 0 Å². The highest BCUT2D eigenvalue weighted by Crippen LogP contribution is 2.22. The fourth-order valence-corrected chi connectivity index (χ4v) is 1.76. The quantitative estimate of drug-likeness (QED) is 0.776. The zero-order valence-corrected chi connectivity index (χ0v) is 10.7. The lowest BCUT2D eigenvalue weighted by Gasteiger charge is -2.05. The molecule has 92 valence electrons. The molecule has 0 amide bonds. The van der Waals surface area contributed by atoms with Crippen molar-refractivity contribution in [3.05, 3.63) is 54.1 Å². The van der Waals surface area contributed by atoms with E-state index in [9.17, 15) is 0 Å². The van der Waals surface area contributed by atoms with Gasteiger partial charge in [-0.25, -0.2) is 0 Å². The standard InChI is InChI=1S/C17H13NO/c1-2-19-17-11-9-16(10-12-17)15-7-5-14(6-8-15)4-3-13-18/h5-12H,2H2,1H3. The number of hydrogen-bond donors (Lipinski definition) is 0. The Bertz CT molecular complexity index is 637. The van der Waals surface area contributed by atoms with Gasteiger partial charge in [0.15, 0.2) is 6.07 Å². The van der Waals surface area contributed by atoms with Crippen molar-refractivity contribution in [1.29, 1.82) is 5.26 Å². The number of nitrogens with zero attached hydrogens (tertiary/aromatic N) is 1. The topological polar surface area (TPSA) is 33.0 Å². The molecule has 2 heteroatoms. The molecule has 2 aromatic carbocycles. The van der Waals surface area contributed by atoms with E-state index in [1.807, 2.05) is 55.5 Å². The molecule has 0 radical (unpaired) electrons. The summed E-state index contributed by atoms with van der Waals surface area (Å²) in [5, 5.41) is 8.39. The fourth-order valence-electron chi connectivity index (χ4n) is 1.76. The van der Waals surface area contributed by atoms with Crippen LogP contribution in [0.3, 0.4) is 0 Å². The maximum atomic E-state index is 8.39. The normalized spacial score (nSPS) is 9.05. The molecule has 0 unspecified atom stereocenters. The first kappa shape index (κ1) is 12.7. The van der Waals surface area contributed by atoms with Crippen molar-refractivity contribution in [2.24, 2.45) is 0 Å². The van der Waals surface area contributed by atoms with Crippen LogP contribution < -0.4 is 4.74 Å². The first-order valence-electron chi connectivity index (χ1n) is 6.07. The van der Waals surface area contributed by atoms with Gasteiger partial charge < -0.3 is 4.74 Å². The molecule has 0 saturated heterocycles. The van der Waals surface area contributed by atoms with Gasteiger partial charge in [0.25, 0.3) is 0 Å². The average Bonchev–Trinajstić information content (AvgIpc) is 2.47. The number of benzene rings is 2. The highest BCUT2D eigenvalue weighted by atomic mass is 16.5. The molecule has 0 bridgehead atoms. The summed E-state index contributed by atoms with van der Waals surface area (Å²) in [7, 11) is 0. The first-order chi connectivity index (χ1) is 9.33. The number of ether oxygens (including phenoxy) is 1. The molecule has 2 rings (SSSR count). The molecule has 2 aromatic rings. The van der Waals surface area contributed by atoms with Gasteiger partial charge in [-0.05, 0) is 42.3 Å².